The Balaban J connectivity index is 1.83. The van der Waals surface area contributed by atoms with Gasteiger partial charge < -0.3 is 5.32 Å². The van der Waals surface area contributed by atoms with Crippen LogP contribution < -0.4 is 10.7 Å². The minimum atomic E-state index is -0.740. The number of halogens is 1. The van der Waals surface area contributed by atoms with Crippen LogP contribution in [0.3, 0.4) is 0 Å². The Morgan fingerprint density at radius 1 is 1.37 bits per heavy atom. The van der Waals surface area contributed by atoms with E-state index in [0.717, 1.165) is 5.01 Å². The number of hydrogen-bond acceptors (Lipinski definition) is 3. The fraction of sp³-hybridized carbons (Fsp3) is 0.385. The zero-order valence-electron chi connectivity index (χ0n) is 10.7. The van der Waals surface area contributed by atoms with Crippen LogP contribution in [-0.2, 0) is 4.79 Å². The number of hydrazine groups is 1. The molecule has 19 heavy (non-hydrogen) atoms. The summed E-state index contributed by atoms with van der Waals surface area (Å²) in [5, 5.41) is 4.34. The Hall–Kier alpha value is -1.75. The van der Waals surface area contributed by atoms with Crippen molar-refractivity contribution in [2.24, 2.45) is 5.41 Å². The number of carbonyl (C=O) groups excluding carboxylic acids is 2. The van der Waals surface area contributed by atoms with E-state index in [-0.39, 0.29) is 11.3 Å². The molecule has 2 aliphatic rings. The van der Waals surface area contributed by atoms with Gasteiger partial charge in [-0.25, -0.2) is 4.79 Å². The lowest BCUT2D eigenvalue weighted by atomic mass is 10.1. The number of imide groups is 1. The molecule has 2 N–H and O–H groups in total. The first-order valence-corrected chi connectivity index (χ1v) is 6.42. The monoisotopic (exact) mass is 279 g/mol. The summed E-state index contributed by atoms with van der Waals surface area (Å²) in [6.07, 6.45) is 0.665. The molecule has 1 heterocycles. The molecule has 0 aromatic heterocycles. The van der Waals surface area contributed by atoms with E-state index in [1.807, 2.05) is 13.8 Å². The van der Waals surface area contributed by atoms with Gasteiger partial charge in [-0.1, -0.05) is 31.5 Å². The van der Waals surface area contributed by atoms with Crippen molar-refractivity contribution in [1.29, 1.82) is 0 Å². The number of amides is 3. The molecule has 1 aromatic rings. The second kappa shape index (κ2) is 3.63. The molecular formula is C13H14ClN3O2. The highest BCUT2D eigenvalue weighted by atomic mass is 35.5. The van der Waals surface area contributed by atoms with Crippen molar-refractivity contribution < 1.29 is 9.59 Å². The molecule has 0 radical (unpaired) electrons. The highest BCUT2D eigenvalue weighted by molar-refractivity contribution is 6.30. The number of nitrogens with one attached hydrogen (secondary N) is 2. The van der Waals surface area contributed by atoms with E-state index in [0.29, 0.717) is 17.1 Å². The van der Waals surface area contributed by atoms with E-state index < -0.39 is 11.6 Å². The quantitative estimate of drug-likeness (QED) is 0.817. The molecule has 1 aromatic carbocycles. The maximum Gasteiger partial charge on any atom is 0.344 e. The van der Waals surface area contributed by atoms with Crippen LogP contribution >= 0.6 is 11.6 Å². The minimum absolute atomic E-state index is 0.190. The fourth-order valence-corrected chi connectivity index (χ4v) is 2.75. The van der Waals surface area contributed by atoms with Gasteiger partial charge >= 0.3 is 6.03 Å². The first-order valence-electron chi connectivity index (χ1n) is 6.05. The summed E-state index contributed by atoms with van der Waals surface area (Å²) < 4.78 is 0. The predicted octanol–water partition coefficient (Wildman–Crippen LogP) is 2.39. The molecule has 6 heteroatoms. The van der Waals surface area contributed by atoms with Crippen LogP contribution in [-0.4, -0.2) is 22.5 Å². The summed E-state index contributed by atoms with van der Waals surface area (Å²) >= 11 is 5.87. The van der Waals surface area contributed by atoms with Crippen molar-refractivity contribution in [2.45, 2.75) is 25.8 Å². The number of anilines is 1. The topological polar surface area (TPSA) is 61.4 Å². The smallest absolute Gasteiger partial charge is 0.321 e. The molecule has 1 saturated carbocycles. The van der Waals surface area contributed by atoms with E-state index in [4.69, 9.17) is 11.6 Å². The van der Waals surface area contributed by atoms with Crippen molar-refractivity contribution in [3.63, 3.8) is 0 Å². The van der Waals surface area contributed by atoms with Crippen molar-refractivity contribution in [1.82, 2.24) is 10.3 Å². The summed E-state index contributed by atoms with van der Waals surface area (Å²) in [7, 11) is 0. The lowest BCUT2D eigenvalue weighted by Crippen LogP contribution is -2.38. The molecule has 1 saturated heterocycles. The van der Waals surface area contributed by atoms with Crippen LogP contribution in [0.5, 0.6) is 0 Å². The largest absolute Gasteiger partial charge is 0.344 e. The molecule has 1 unspecified atom stereocenters. The van der Waals surface area contributed by atoms with E-state index in [9.17, 15) is 9.59 Å². The Morgan fingerprint density at radius 3 is 2.58 bits per heavy atom. The zero-order valence-corrected chi connectivity index (χ0v) is 11.4. The Kier molecular flexibility index (Phi) is 2.35. The van der Waals surface area contributed by atoms with E-state index in [1.165, 1.54) is 0 Å². The van der Waals surface area contributed by atoms with E-state index >= 15 is 0 Å². The summed E-state index contributed by atoms with van der Waals surface area (Å²) in [5.74, 6) is -0.234. The zero-order chi connectivity index (χ0) is 13.8. The van der Waals surface area contributed by atoms with Crippen LogP contribution in [0.4, 0.5) is 10.5 Å². The molecule has 1 spiro atoms. The average molecular weight is 280 g/mol. The Bertz CT molecular complexity index is 587. The van der Waals surface area contributed by atoms with Gasteiger partial charge in [0.15, 0.2) is 0 Å². The Morgan fingerprint density at radius 2 is 2.05 bits per heavy atom. The number of rotatable bonds is 2. The van der Waals surface area contributed by atoms with Gasteiger partial charge in [0.2, 0.25) is 0 Å². The molecule has 0 bridgehead atoms. The van der Waals surface area contributed by atoms with E-state index in [1.54, 1.807) is 24.3 Å². The maximum atomic E-state index is 12.4. The second-order valence-corrected chi connectivity index (χ2v) is 6.10. The number of nitrogens with zero attached hydrogens (tertiary/aromatic N) is 1. The maximum absolute atomic E-state index is 12.4. The van der Waals surface area contributed by atoms with Gasteiger partial charge in [0.25, 0.3) is 5.91 Å². The normalized spacial score (nSPS) is 27.6. The summed E-state index contributed by atoms with van der Waals surface area (Å²) in [5.41, 5.74) is 2.47. The molecule has 5 nitrogen and oxygen atoms in total. The molecule has 2 fully saturated rings. The summed E-state index contributed by atoms with van der Waals surface area (Å²) in [6.45, 7) is 3.93. The van der Waals surface area contributed by atoms with E-state index in [2.05, 4.69) is 10.7 Å². The third-order valence-corrected chi connectivity index (χ3v) is 4.13. The molecule has 3 rings (SSSR count). The second-order valence-electron chi connectivity index (χ2n) is 5.66. The van der Waals surface area contributed by atoms with Crippen LogP contribution in [0.15, 0.2) is 24.3 Å². The first kappa shape index (κ1) is 12.3. The van der Waals surface area contributed by atoms with Gasteiger partial charge in [-0.15, -0.1) is 0 Å². The number of benzene rings is 1. The van der Waals surface area contributed by atoms with Crippen molar-refractivity contribution in [3.05, 3.63) is 29.3 Å². The molecule has 1 aliphatic carbocycles. The van der Waals surface area contributed by atoms with Gasteiger partial charge in [-0.05, 0) is 30.0 Å². The third-order valence-electron chi connectivity index (χ3n) is 3.89. The number of hydrogen-bond donors (Lipinski definition) is 2. The summed E-state index contributed by atoms with van der Waals surface area (Å²) in [6, 6.07) is 6.46. The molecule has 100 valence electrons. The Labute approximate surface area is 115 Å². The molecule has 3 amide bonds. The first-order chi connectivity index (χ1) is 8.86. The van der Waals surface area contributed by atoms with Crippen molar-refractivity contribution in [2.75, 3.05) is 5.43 Å². The third kappa shape index (κ3) is 1.69. The SMILES string of the molecule is CC1(C)CC12NC(=O)N(Nc1cccc(Cl)c1)C2=O. The lowest BCUT2D eigenvalue weighted by Gasteiger charge is -2.16. The molecular weight excluding hydrogens is 266 g/mol. The standard InChI is InChI=1S/C13H14ClN3O2/c1-12(2)7-13(12)10(18)17(11(19)15-13)16-9-5-3-4-8(14)6-9/h3-6,16H,7H2,1-2H3,(H,15,19). The lowest BCUT2D eigenvalue weighted by molar-refractivity contribution is -0.128. The van der Waals surface area contributed by atoms with Crippen molar-refractivity contribution >= 4 is 29.2 Å². The van der Waals surface area contributed by atoms with Gasteiger partial charge in [0.05, 0.1) is 5.69 Å². The van der Waals surface area contributed by atoms with Crippen LogP contribution in [0.25, 0.3) is 0 Å². The van der Waals surface area contributed by atoms with Crippen LogP contribution in [0, 0.1) is 5.41 Å². The van der Waals surface area contributed by atoms with Crippen LogP contribution in [0.2, 0.25) is 5.02 Å². The van der Waals surface area contributed by atoms with Gasteiger partial charge in [-0.3, -0.25) is 10.2 Å². The van der Waals surface area contributed by atoms with Gasteiger partial charge in [-0.2, -0.15) is 5.01 Å². The van der Waals surface area contributed by atoms with Crippen molar-refractivity contribution in [3.8, 4) is 0 Å². The minimum Gasteiger partial charge on any atom is -0.321 e. The number of carbonyl (C=O) groups is 2. The van der Waals surface area contributed by atoms with Crippen LogP contribution in [0.1, 0.15) is 20.3 Å². The highest BCUT2D eigenvalue weighted by Crippen LogP contribution is 2.58. The summed E-state index contributed by atoms with van der Waals surface area (Å²) in [4.78, 5) is 24.3. The van der Waals surface area contributed by atoms with Gasteiger partial charge in [0, 0.05) is 5.02 Å². The fourth-order valence-electron chi connectivity index (χ4n) is 2.56. The number of urea groups is 1. The van der Waals surface area contributed by atoms with Gasteiger partial charge in [0.1, 0.15) is 5.54 Å². The molecule has 1 atom stereocenters. The molecule has 1 aliphatic heterocycles. The predicted molar refractivity (Wildman–Crippen MR) is 71.6 cm³/mol. The highest BCUT2D eigenvalue weighted by Gasteiger charge is 2.72. The average Bonchev–Trinajstić information content (AvgIpc) is 2.79.